The van der Waals surface area contributed by atoms with Gasteiger partial charge in [-0.25, -0.2) is 9.78 Å². The zero-order chi connectivity index (χ0) is 16.3. The third-order valence-corrected chi connectivity index (χ3v) is 4.59. The molecule has 0 aliphatic carbocycles. The predicted molar refractivity (Wildman–Crippen MR) is 87.2 cm³/mol. The molecule has 0 saturated carbocycles. The molecule has 1 aromatic rings. The van der Waals surface area contributed by atoms with Gasteiger partial charge in [0.15, 0.2) is 15.5 Å². The normalized spacial score (nSPS) is 13.1. The van der Waals surface area contributed by atoms with Gasteiger partial charge in [-0.1, -0.05) is 26.8 Å². The van der Waals surface area contributed by atoms with Crippen molar-refractivity contribution in [1.29, 1.82) is 0 Å². The van der Waals surface area contributed by atoms with Crippen LogP contribution in [0, 0.1) is 0 Å². The number of ether oxygens (including phenoxy) is 1. The van der Waals surface area contributed by atoms with Crippen LogP contribution < -0.4 is 0 Å². The standard InChI is InChI=1S/C16H27NO3Si/c1-11(2)19-14(18)13-12(9-8-10-17-13)16(6,7)20-21-15(3,4)5/h8-11H,21H2,1-7H3. The number of aromatic nitrogens is 1. The number of esters is 1. The number of rotatable bonds is 5. The third kappa shape index (κ3) is 5.59. The number of carbonyl (C=O) groups excluding carboxylic acids is 1. The summed E-state index contributed by atoms with van der Waals surface area (Å²) in [5, 5.41) is 0.193. The first-order valence-corrected chi connectivity index (χ1v) is 8.62. The maximum atomic E-state index is 12.2. The molecule has 0 unspecified atom stereocenters. The second kappa shape index (κ2) is 6.71. The van der Waals surface area contributed by atoms with Crippen LogP contribution in [0.15, 0.2) is 18.3 Å². The van der Waals surface area contributed by atoms with Crippen LogP contribution in [0.3, 0.4) is 0 Å². The van der Waals surface area contributed by atoms with Gasteiger partial charge in [-0.15, -0.1) is 0 Å². The van der Waals surface area contributed by atoms with Gasteiger partial charge in [-0.2, -0.15) is 0 Å². The summed E-state index contributed by atoms with van der Waals surface area (Å²) >= 11 is 0. The molecule has 1 rings (SSSR count). The molecule has 0 amide bonds. The summed E-state index contributed by atoms with van der Waals surface area (Å²) in [6, 6.07) is 3.71. The van der Waals surface area contributed by atoms with E-state index in [0.29, 0.717) is 5.69 Å². The van der Waals surface area contributed by atoms with Crippen molar-refractivity contribution in [3.63, 3.8) is 0 Å². The van der Waals surface area contributed by atoms with Crippen molar-refractivity contribution >= 4 is 15.7 Å². The van der Waals surface area contributed by atoms with Gasteiger partial charge in [0.25, 0.3) is 0 Å². The number of hydrogen-bond donors (Lipinski definition) is 0. The molecular formula is C16H27NO3Si. The molecule has 1 heterocycles. The van der Waals surface area contributed by atoms with E-state index in [4.69, 9.17) is 9.16 Å². The molecule has 0 saturated heterocycles. The van der Waals surface area contributed by atoms with Crippen molar-refractivity contribution in [2.45, 2.75) is 65.2 Å². The maximum Gasteiger partial charge on any atom is 0.357 e. The lowest BCUT2D eigenvalue weighted by molar-refractivity contribution is 0.0354. The molecule has 21 heavy (non-hydrogen) atoms. The van der Waals surface area contributed by atoms with Crippen molar-refractivity contribution in [2.24, 2.45) is 0 Å². The summed E-state index contributed by atoms with van der Waals surface area (Å²) in [4.78, 5) is 16.4. The molecule has 0 aliphatic heterocycles. The summed E-state index contributed by atoms with van der Waals surface area (Å²) in [7, 11) is -0.741. The third-order valence-electron chi connectivity index (χ3n) is 2.86. The Hall–Kier alpha value is -1.20. The molecule has 0 atom stereocenters. The van der Waals surface area contributed by atoms with Crippen LogP contribution in [0.25, 0.3) is 0 Å². The molecule has 0 N–H and O–H groups in total. The Labute approximate surface area is 130 Å². The van der Waals surface area contributed by atoms with Crippen molar-refractivity contribution in [3.05, 3.63) is 29.6 Å². The second-order valence-corrected chi connectivity index (χ2v) is 9.91. The van der Waals surface area contributed by atoms with E-state index in [9.17, 15) is 4.79 Å². The molecule has 0 spiro atoms. The zero-order valence-corrected chi connectivity index (χ0v) is 15.6. The Bertz CT molecular complexity index is 493. The van der Waals surface area contributed by atoms with Gasteiger partial charge in [-0.05, 0) is 38.8 Å². The summed E-state index contributed by atoms with van der Waals surface area (Å²) in [6.07, 6.45) is 1.44. The average molecular weight is 309 g/mol. The Balaban J connectivity index is 3.03. The molecule has 0 aromatic carbocycles. The van der Waals surface area contributed by atoms with E-state index >= 15 is 0 Å². The number of hydrogen-bond acceptors (Lipinski definition) is 4. The van der Waals surface area contributed by atoms with E-state index in [2.05, 4.69) is 25.8 Å². The minimum absolute atomic E-state index is 0.166. The number of carbonyl (C=O) groups is 1. The minimum atomic E-state index is -0.741. The molecular weight excluding hydrogens is 282 g/mol. The highest BCUT2D eigenvalue weighted by atomic mass is 28.2. The van der Waals surface area contributed by atoms with Crippen molar-refractivity contribution in [3.8, 4) is 0 Å². The van der Waals surface area contributed by atoms with E-state index in [0.717, 1.165) is 5.56 Å². The first kappa shape index (κ1) is 17.8. The quantitative estimate of drug-likeness (QED) is 0.619. The van der Waals surface area contributed by atoms with Crippen LogP contribution in [0.4, 0.5) is 0 Å². The average Bonchev–Trinajstić information content (AvgIpc) is 2.35. The van der Waals surface area contributed by atoms with E-state index in [1.807, 2.05) is 39.8 Å². The molecule has 4 nitrogen and oxygen atoms in total. The zero-order valence-electron chi connectivity index (χ0n) is 14.2. The predicted octanol–water partition coefficient (Wildman–Crippen LogP) is 3.20. The Kier molecular flexibility index (Phi) is 5.70. The first-order valence-electron chi connectivity index (χ1n) is 7.33. The lowest BCUT2D eigenvalue weighted by Crippen LogP contribution is -2.30. The van der Waals surface area contributed by atoms with Gasteiger partial charge in [0.1, 0.15) is 0 Å². The largest absolute Gasteiger partial charge is 0.458 e. The summed E-state index contributed by atoms with van der Waals surface area (Å²) in [5.74, 6) is -0.394. The van der Waals surface area contributed by atoms with Gasteiger partial charge >= 0.3 is 5.97 Å². The SMILES string of the molecule is CC(C)OC(=O)c1ncccc1C(C)(C)O[SiH2]C(C)(C)C. The van der Waals surface area contributed by atoms with Crippen LogP contribution in [0.2, 0.25) is 5.04 Å². The molecule has 0 aliphatic rings. The highest BCUT2D eigenvalue weighted by Crippen LogP contribution is 2.31. The van der Waals surface area contributed by atoms with Crippen molar-refractivity contribution < 1.29 is 14.0 Å². The van der Waals surface area contributed by atoms with Gasteiger partial charge in [0.2, 0.25) is 0 Å². The van der Waals surface area contributed by atoms with E-state index < -0.39 is 21.3 Å². The fourth-order valence-corrected chi connectivity index (χ4v) is 2.75. The van der Waals surface area contributed by atoms with Gasteiger partial charge in [-0.3, -0.25) is 0 Å². The Morgan fingerprint density at radius 2 is 1.86 bits per heavy atom. The molecule has 0 radical (unpaired) electrons. The summed E-state index contributed by atoms with van der Waals surface area (Å²) in [6.45, 7) is 14.1. The number of nitrogens with zero attached hydrogens (tertiary/aromatic N) is 1. The highest BCUT2D eigenvalue weighted by molar-refractivity contribution is 6.31. The minimum Gasteiger partial charge on any atom is -0.458 e. The molecule has 5 heteroatoms. The first-order chi connectivity index (χ1) is 9.53. The summed E-state index contributed by atoms with van der Waals surface area (Å²) < 4.78 is 11.4. The Morgan fingerprint density at radius 3 is 2.38 bits per heavy atom. The monoisotopic (exact) mass is 309 g/mol. The lowest BCUT2D eigenvalue weighted by Gasteiger charge is -2.31. The van der Waals surface area contributed by atoms with Gasteiger partial charge in [0, 0.05) is 11.8 Å². The maximum absolute atomic E-state index is 12.2. The molecule has 0 fully saturated rings. The van der Waals surface area contributed by atoms with Gasteiger partial charge < -0.3 is 9.16 Å². The lowest BCUT2D eigenvalue weighted by atomic mass is 9.97. The second-order valence-electron chi connectivity index (χ2n) is 7.21. The van der Waals surface area contributed by atoms with Crippen molar-refractivity contribution in [1.82, 2.24) is 4.98 Å². The van der Waals surface area contributed by atoms with Crippen LogP contribution in [-0.2, 0) is 14.8 Å². The topological polar surface area (TPSA) is 48.4 Å². The van der Waals surface area contributed by atoms with Crippen LogP contribution in [-0.4, -0.2) is 26.8 Å². The van der Waals surface area contributed by atoms with Crippen LogP contribution in [0.5, 0.6) is 0 Å². The van der Waals surface area contributed by atoms with Gasteiger partial charge in [0.05, 0.1) is 11.7 Å². The molecule has 1 aromatic heterocycles. The van der Waals surface area contributed by atoms with Crippen LogP contribution >= 0.6 is 0 Å². The Morgan fingerprint density at radius 1 is 1.24 bits per heavy atom. The molecule has 0 bridgehead atoms. The van der Waals surface area contributed by atoms with E-state index in [1.165, 1.54) is 0 Å². The molecule has 118 valence electrons. The van der Waals surface area contributed by atoms with Crippen LogP contribution in [0.1, 0.15) is 64.5 Å². The highest BCUT2D eigenvalue weighted by Gasteiger charge is 2.30. The fourth-order valence-electron chi connectivity index (χ4n) is 1.80. The van der Waals surface area contributed by atoms with E-state index in [1.54, 1.807) is 6.20 Å². The number of pyridine rings is 1. The van der Waals surface area contributed by atoms with Crippen molar-refractivity contribution in [2.75, 3.05) is 0 Å². The smallest absolute Gasteiger partial charge is 0.357 e. The summed E-state index contributed by atoms with van der Waals surface area (Å²) in [5.41, 5.74) is 0.588. The fraction of sp³-hybridized carbons (Fsp3) is 0.625. The van der Waals surface area contributed by atoms with E-state index in [-0.39, 0.29) is 11.1 Å².